The van der Waals surface area contributed by atoms with Gasteiger partial charge in [-0.15, -0.1) is 0 Å². The lowest BCUT2D eigenvalue weighted by atomic mass is 9.84. The minimum atomic E-state index is -0.159. The van der Waals surface area contributed by atoms with Crippen molar-refractivity contribution in [3.05, 3.63) is 40.4 Å². The van der Waals surface area contributed by atoms with Crippen LogP contribution in [0.15, 0.2) is 29.8 Å². The number of hydrogen-bond donors (Lipinski definition) is 2. The van der Waals surface area contributed by atoms with Crippen LogP contribution in [0.5, 0.6) is 0 Å². The van der Waals surface area contributed by atoms with Gasteiger partial charge in [0.15, 0.2) is 0 Å². The molecule has 1 aliphatic rings. The maximum absolute atomic E-state index is 11.7. The normalized spacial score (nSPS) is 21.6. The van der Waals surface area contributed by atoms with Gasteiger partial charge < -0.3 is 10.6 Å². The van der Waals surface area contributed by atoms with Crippen LogP contribution in [0.4, 0.5) is 5.69 Å². The van der Waals surface area contributed by atoms with Gasteiger partial charge in [-0.25, -0.2) is 0 Å². The minimum absolute atomic E-state index is 0.159. The average Bonchev–Trinajstić information content (AvgIpc) is 2.44. The largest absolute Gasteiger partial charge is 0.385 e. The van der Waals surface area contributed by atoms with E-state index in [1.807, 2.05) is 12.1 Å². The van der Waals surface area contributed by atoms with Gasteiger partial charge in [-0.1, -0.05) is 30.2 Å². The van der Waals surface area contributed by atoms with Crippen LogP contribution in [0.25, 0.3) is 0 Å². The number of allylic oxidation sites excluding steroid dienone is 2. The first-order valence-electron chi connectivity index (χ1n) is 7.42. The molecule has 0 aliphatic heterocycles. The van der Waals surface area contributed by atoms with Gasteiger partial charge in [-0.05, 0) is 49.8 Å². The summed E-state index contributed by atoms with van der Waals surface area (Å²) in [6.45, 7) is 5.39. The first-order valence-corrected chi connectivity index (χ1v) is 7.80. The highest BCUT2D eigenvalue weighted by molar-refractivity contribution is 6.34. The fourth-order valence-electron chi connectivity index (χ4n) is 3.05. The fourth-order valence-corrected chi connectivity index (χ4v) is 3.25. The monoisotopic (exact) mass is 306 g/mol. The van der Waals surface area contributed by atoms with Crippen molar-refractivity contribution >= 4 is 23.2 Å². The van der Waals surface area contributed by atoms with Crippen molar-refractivity contribution < 1.29 is 4.79 Å². The lowest BCUT2D eigenvalue weighted by molar-refractivity contribution is 0.0963. The number of rotatable bonds is 4. The van der Waals surface area contributed by atoms with Crippen molar-refractivity contribution in [1.82, 2.24) is 5.32 Å². The Morgan fingerprint density at radius 1 is 1.43 bits per heavy atom. The Labute approximate surface area is 131 Å². The van der Waals surface area contributed by atoms with Gasteiger partial charge in [0.1, 0.15) is 0 Å². The molecule has 1 amide bonds. The van der Waals surface area contributed by atoms with E-state index in [0.717, 1.165) is 18.7 Å². The Balaban J connectivity index is 2.01. The van der Waals surface area contributed by atoms with E-state index < -0.39 is 0 Å². The van der Waals surface area contributed by atoms with E-state index in [4.69, 9.17) is 11.6 Å². The third kappa shape index (κ3) is 4.24. The summed E-state index contributed by atoms with van der Waals surface area (Å²) in [4.78, 5) is 11.7. The molecule has 2 unspecified atom stereocenters. The van der Waals surface area contributed by atoms with Crippen LogP contribution in [-0.2, 0) is 0 Å². The number of benzene rings is 1. The molecule has 0 saturated carbocycles. The number of carbonyl (C=O) groups is 1. The van der Waals surface area contributed by atoms with Crippen molar-refractivity contribution in [2.24, 2.45) is 11.8 Å². The summed E-state index contributed by atoms with van der Waals surface area (Å²) in [6.07, 6.45) is 4.72. The summed E-state index contributed by atoms with van der Waals surface area (Å²) >= 11 is 6.06. The average molecular weight is 307 g/mol. The number of anilines is 1. The van der Waals surface area contributed by atoms with Gasteiger partial charge in [0.2, 0.25) is 0 Å². The zero-order valence-electron chi connectivity index (χ0n) is 12.9. The van der Waals surface area contributed by atoms with Crippen LogP contribution in [0.1, 0.15) is 37.0 Å². The second-order valence-electron chi connectivity index (χ2n) is 5.95. The van der Waals surface area contributed by atoms with Crippen molar-refractivity contribution in [3.63, 3.8) is 0 Å². The molecule has 0 heterocycles. The highest BCUT2D eigenvalue weighted by Gasteiger charge is 2.18. The predicted octanol–water partition coefficient (Wildman–Crippen LogP) is 4.10. The number of nitrogens with one attached hydrogen (secondary N) is 2. The van der Waals surface area contributed by atoms with Crippen LogP contribution in [-0.4, -0.2) is 19.5 Å². The summed E-state index contributed by atoms with van der Waals surface area (Å²) in [5, 5.41) is 6.52. The molecule has 0 aromatic heterocycles. The van der Waals surface area contributed by atoms with Gasteiger partial charge in [0.05, 0.1) is 10.6 Å². The Kier molecular flexibility index (Phi) is 5.29. The van der Waals surface area contributed by atoms with Crippen LogP contribution in [0.2, 0.25) is 5.02 Å². The molecule has 2 N–H and O–H groups in total. The Morgan fingerprint density at radius 2 is 2.19 bits per heavy atom. The van der Waals surface area contributed by atoms with Gasteiger partial charge in [0.25, 0.3) is 5.91 Å². The van der Waals surface area contributed by atoms with Crippen molar-refractivity contribution in [2.45, 2.75) is 26.7 Å². The molecule has 1 aliphatic carbocycles. The highest BCUT2D eigenvalue weighted by atomic mass is 35.5. The zero-order chi connectivity index (χ0) is 15.4. The van der Waals surface area contributed by atoms with E-state index in [2.05, 4.69) is 30.6 Å². The van der Waals surface area contributed by atoms with Crippen LogP contribution in [0.3, 0.4) is 0 Å². The quantitative estimate of drug-likeness (QED) is 0.822. The molecule has 21 heavy (non-hydrogen) atoms. The maximum Gasteiger partial charge on any atom is 0.252 e. The maximum atomic E-state index is 11.7. The van der Waals surface area contributed by atoms with E-state index in [1.165, 1.54) is 12.0 Å². The molecule has 1 aromatic carbocycles. The van der Waals surface area contributed by atoms with E-state index in [-0.39, 0.29) is 5.91 Å². The van der Waals surface area contributed by atoms with Crippen LogP contribution < -0.4 is 10.6 Å². The molecule has 2 rings (SSSR count). The van der Waals surface area contributed by atoms with E-state index in [9.17, 15) is 4.79 Å². The Morgan fingerprint density at radius 3 is 2.86 bits per heavy atom. The molecule has 4 heteroatoms. The SMILES string of the molecule is CNC(=O)c1cc(NCC2CC(C)=CC(C)C2)ccc1Cl. The first kappa shape index (κ1) is 15.9. The lowest BCUT2D eigenvalue weighted by Gasteiger charge is -2.26. The predicted molar refractivity (Wildman–Crippen MR) is 89.0 cm³/mol. The lowest BCUT2D eigenvalue weighted by Crippen LogP contribution is -2.21. The number of halogens is 1. The summed E-state index contributed by atoms with van der Waals surface area (Å²) in [5.74, 6) is 1.13. The van der Waals surface area contributed by atoms with Gasteiger partial charge >= 0.3 is 0 Å². The number of amides is 1. The van der Waals surface area contributed by atoms with E-state index in [0.29, 0.717) is 22.4 Å². The topological polar surface area (TPSA) is 41.1 Å². The second-order valence-corrected chi connectivity index (χ2v) is 6.36. The summed E-state index contributed by atoms with van der Waals surface area (Å²) in [6, 6.07) is 5.50. The summed E-state index contributed by atoms with van der Waals surface area (Å²) in [7, 11) is 1.61. The number of carbonyl (C=O) groups excluding carboxylic acids is 1. The minimum Gasteiger partial charge on any atom is -0.385 e. The van der Waals surface area contributed by atoms with Crippen molar-refractivity contribution in [2.75, 3.05) is 18.9 Å². The first-order chi connectivity index (χ1) is 9.99. The molecule has 3 nitrogen and oxygen atoms in total. The Bertz CT molecular complexity index is 554. The van der Waals surface area contributed by atoms with Crippen LogP contribution >= 0.6 is 11.6 Å². The molecule has 2 atom stereocenters. The van der Waals surface area contributed by atoms with Gasteiger partial charge in [0, 0.05) is 19.3 Å². The van der Waals surface area contributed by atoms with E-state index in [1.54, 1.807) is 13.1 Å². The van der Waals surface area contributed by atoms with Crippen molar-refractivity contribution in [3.8, 4) is 0 Å². The third-order valence-electron chi connectivity index (χ3n) is 3.92. The third-order valence-corrected chi connectivity index (χ3v) is 4.25. The molecule has 0 spiro atoms. The fraction of sp³-hybridized carbons (Fsp3) is 0.471. The molecule has 114 valence electrons. The molecule has 0 fully saturated rings. The molecule has 0 radical (unpaired) electrons. The summed E-state index contributed by atoms with van der Waals surface area (Å²) < 4.78 is 0. The Hall–Kier alpha value is -1.48. The highest BCUT2D eigenvalue weighted by Crippen LogP contribution is 2.28. The molecule has 1 aromatic rings. The van der Waals surface area contributed by atoms with E-state index >= 15 is 0 Å². The summed E-state index contributed by atoms with van der Waals surface area (Å²) in [5.41, 5.74) is 2.93. The molecular formula is C17H23ClN2O. The molecule has 0 saturated heterocycles. The smallest absolute Gasteiger partial charge is 0.252 e. The standard InChI is InChI=1S/C17H23ClN2O/c1-11-6-12(2)8-13(7-11)10-20-14-4-5-16(18)15(9-14)17(21)19-3/h4-6,9,11,13,20H,7-8,10H2,1-3H3,(H,19,21). The van der Waals surface area contributed by atoms with Crippen LogP contribution in [0, 0.1) is 11.8 Å². The van der Waals surface area contributed by atoms with Gasteiger partial charge in [-0.2, -0.15) is 0 Å². The zero-order valence-corrected chi connectivity index (χ0v) is 13.6. The number of hydrogen-bond acceptors (Lipinski definition) is 2. The molecular weight excluding hydrogens is 284 g/mol. The van der Waals surface area contributed by atoms with Gasteiger partial charge in [-0.3, -0.25) is 4.79 Å². The van der Waals surface area contributed by atoms with Crippen molar-refractivity contribution in [1.29, 1.82) is 0 Å². The second kappa shape index (κ2) is 6.99. The molecule has 0 bridgehead atoms.